The molecule has 0 spiro atoms. The summed E-state index contributed by atoms with van der Waals surface area (Å²) in [5, 5.41) is 7.94. The van der Waals surface area contributed by atoms with Crippen LogP contribution in [0, 0.1) is 0 Å². The van der Waals surface area contributed by atoms with E-state index in [1.165, 1.54) is 9.80 Å². The lowest BCUT2D eigenvalue weighted by atomic mass is 10.3. The number of rotatable bonds is 2. The van der Waals surface area contributed by atoms with E-state index >= 15 is 0 Å². The highest BCUT2D eigenvalue weighted by Gasteiger charge is 2.33. The molecule has 1 fully saturated rings. The van der Waals surface area contributed by atoms with Gasteiger partial charge in [0.15, 0.2) is 10.2 Å². The summed E-state index contributed by atoms with van der Waals surface area (Å²) in [4.78, 5) is 15.6. The minimum absolute atomic E-state index is 0.275. The number of benzene rings is 2. The molecule has 2 amide bonds. The number of thiocarbonyl (C=S) groups is 2. The minimum atomic E-state index is -0.275. The predicted octanol–water partition coefficient (Wildman–Crippen LogP) is 4.82. The second-order valence-electron chi connectivity index (χ2n) is 5.46. The fourth-order valence-corrected chi connectivity index (χ4v) is 3.19. The molecule has 1 aliphatic heterocycles. The number of hydrogen-bond acceptors (Lipinski definition) is 3. The van der Waals surface area contributed by atoms with Crippen LogP contribution in [-0.2, 0) is 0 Å². The first-order valence-corrected chi connectivity index (χ1v) is 9.23. The monoisotopic (exact) mass is 424 g/mol. The van der Waals surface area contributed by atoms with E-state index in [4.69, 9.17) is 47.6 Å². The van der Waals surface area contributed by atoms with Crippen molar-refractivity contribution in [1.82, 2.24) is 9.80 Å². The van der Waals surface area contributed by atoms with Gasteiger partial charge in [-0.15, -0.1) is 0 Å². The number of halogens is 2. The third-order valence-corrected chi connectivity index (χ3v) is 4.84. The van der Waals surface area contributed by atoms with Crippen LogP contribution in [0.25, 0.3) is 0 Å². The fourth-order valence-electron chi connectivity index (χ4n) is 2.36. The maximum Gasteiger partial charge on any atom is 0.332 e. The summed E-state index contributed by atoms with van der Waals surface area (Å²) in [5.41, 5.74) is 1.51. The lowest BCUT2D eigenvalue weighted by molar-refractivity contribution is 0.221. The van der Waals surface area contributed by atoms with Crippen LogP contribution in [0.1, 0.15) is 0 Å². The van der Waals surface area contributed by atoms with Crippen molar-refractivity contribution < 1.29 is 4.79 Å². The van der Waals surface area contributed by atoms with Gasteiger partial charge >= 0.3 is 6.03 Å². The first-order valence-electron chi connectivity index (χ1n) is 7.66. The van der Waals surface area contributed by atoms with E-state index in [0.717, 1.165) is 11.4 Å². The smallest absolute Gasteiger partial charge is 0.332 e. The molecule has 0 unspecified atom stereocenters. The first kappa shape index (κ1) is 18.8. The van der Waals surface area contributed by atoms with Crippen molar-refractivity contribution in [2.45, 2.75) is 0 Å². The molecule has 0 bridgehead atoms. The van der Waals surface area contributed by atoms with Crippen LogP contribution in [-0.4, -0.2) is 39.1 Å². The zero-order valence-electron chi connectivity index (χ0n) is 13.4. The van der Waals surface area contributed by atoms with Crippen molar-refractivity contribution in [3.05, 3.63) is 58.6 Å². The zero-order valence-corrected chi connectivity index (χ0v) is 16.6. The van der Waals surface area contributed by atoms with Crippen molar-refractivity contribution >= 4 is 75.3 Å². The quantitative estimate of drug-likeness (QED) is 0.676. The third-order valence-electron chi connectivity index (χ3n) is 3.69. The van der Waals surface area contributed by atoms with Crippen molar-refractivity contribution in [3.8, 4) is 0 Å². The Bertz CT molecular complexity index is 773. The van der Waals surface area contributed by atoms with Gasteiger partial charge in [-0.05, 0) is 73.0 Å². The molecule has 0 aromatic heterocycles. The van der Waals surface area contributed by atoms with Gasteiger partial charge in [-0.25, -0.2) is 4.79 Å². The van der Waals surface area contributed by atoms with Gasteiger partial charge in [-0.1, -0.05) is 23.2 Å². The summed E-state index contributed by atoms with van der Waals surface area (Å²) >= 11 is 22.4. The van der Waals surface area contributed by atoms with Crippen molar-refractivity contribution in [2.75, 3.05) is 23.7 Å². The summed E-state index contributed by atoms with van der Waals surface area (Å²) in [6.45, 7) is 0.890. The summed E-state index contributed by atoms with van der Waals surface area (Å²) in [6, 6.07) is 13.9. The van der Waals surface area contributed by atoms with Crippen molar-refractivity contribution in [2.24, 2.45) is 0 Å². The lowest BCUT2D eigenvalue weighted by Gasteiger charge is -2.21. The van der Waals surface area contributed by atoms with Crippen LogP contribution in [0.4, 0.5) is 16.2 Å². The molecule has 3 rings (SSSR count). The molecule has 2 N–H and O–H groups in total. The average molecular weight is 425 g/mol. The second-order valence-corrected chi connectivity index (χ2v) is 7.11. The van der Waals surface area contributed by atoms with Gasteiger partial charge in [0.05, 0.1) is 0 Å². The van der Waals surface area contributed by atoms with Crippen LogP contribution in [0.2, 0.25) is 10.0 Å². The summed E-state index contributed by atoms with van der Waals surface area (Å²) in [6.07, 6.45) is 0. The Morgan fingerprint density at radius 2 is 1.12 bits per heavy atom. The van der Waals surface area contributed by atoms with Crippen LogP contribution < -0.4 is 10.6 Å². The highest BCUT2D eigenvalue weighted by Crippen LogP contribution is 2.18. The molecule has 1 saturated heterocycles. The molecule has 2 aromatic rings. The summed E-state index contributed by atoms with van der Waals surface area (Å²) in [7, 11) is 0. The normalized spacial score (nSPS) is 13.7. The maximum atomic E-state index is 12.6. The highest BCUT2D eigenvalue weighted by atomic mass is 35.5. The van der Waals surface area contributed by atoms with E-state index in [2.05, 4.69) is 10.6 Å². The molecule has 1 heterocycles. The van der Waals surface area contributed by atoms with Gasteiger partial charge in [0.25, 0.3) is 0 Å². The third kappa shape index (κ3) is 4.42. The Morgan fingerprint density at radius 3 is 1.46 bits per heavy atom. The highest BCUT2D eigenvalue weighted by molar-refractivity contribution is 7.80. The van der Waals surface area contributed by atoms with E-state index in [0.29, 0.717) is 33.4 Å². The van der Waals surface area contributed by atoms with Gasteiger partial charge in [-0.3, -0.25) is 9.80 Å². The molecule has 2 aromatic carbocycles. The van der Waals surface area contributed by atoms with Gasteiger partial charge in [0.2, 0.25) is 0 Å². The Hall–Kier alpha value is -1.93. The Balaban J connectivity index is 1.61. The van der Waals surface area contributed by atoms with Gasteiger partial charge in [0, 0.05) is 34.5 Å². The zero-order chi connectivity index (χ0) is 18.7. The second kappa shape index (κ2) is 8.18. The molecule has 26 heavy (non-hydrogen) atoms. The van der Waals surface area contributed by atoms with Crippen LogP contribution in [0.3, 0.4) is 0 Å². The molecule has 5 nitrogen and oxygen atoms in total. The van der Waals surface area contributed by atoms with Gasteiger partial charge in [0.1, 0.15) is 0 Å². The molecule has 0 saturated carbocycles. The topological polar surface area (TPSA) is 47.6 Å². The first-order chi connectivity index (χ1) is 12.4. The number of nitrogens with zero attached hydrogens (tertiary/aromatic N) is 2. The molecule has 0 aliphatic carbocycles. The number of carbonyl (C=O) groups is 1. The predicted molar refractivity (Wildman–Crippen MR) is 114 cm³/mol. The SMILES string of the molecule is O=C1N(C(=S)Nc2ccc(Cl)cc2)CCN1C(=S)Nc1ccc(Cl)cc1. The number of amides is 2. The van der Waals surface area contributed by atoms with Crippen molar-refractivity contribution in [3.63, 3.8) is 0 Å². The van der Waals surface area contributed by atoms with E-state index in [-0.39, 0.29) is 6.03 Å². The van der Waals surface area contributed by atoms with Gasteiger partial charge < -0.3 is 10.6 Å². The molecule has 9 heteroatoms. The molecule has 1 aliphatic rings. The van der Waals surface area contributed by atoms with Crippen molar-refractivity contribution in [1.29, 1.82) is 0 Å². The lowest BCUT2D eigenvalue weighted by Crippen LogP contribution is -2.42. The van der Waals surface area contributed by atoms with Crippen LogP contribution >= 0.6 is 47.6 Å². The van der Waals surface area contributed by atoms with E-state index < -0.39 is 0 Å². The minimum Gasteiger partial charge on any atom is -0.332 e. The standard InChI is InChI=1S/C17H14Cl2N4OS2/c18-11-1-5-13(6-2-11)20-15(25)22-9-10-23(17(22)24)16(26)21-14-7-3-12(19)4-8-14/h1-8H,9-10H2,(H,20,25)(H,21,26). The Kier molecular flexibility index (Phi) is 5.93. The molecule has 0 atom stereocenters. The van der Waals surface area contributed by atoms with Crippen LogP contribution in [0.5, 0.6) is 0 Å². The molecule has 134 valence electrons. The number of anilines is 2. The molecule has 0 radical (unpaired) electrons. The Labute approximate surface area is 171 Å². The number of urea groups is 1. The fraction of sp³-hybridized carbons (Fsp3) is 0.118. The summed E-state index contributed by atoms with van der Waals surface area (Å²) in [5.74, 6) is 0. The Morgan fingerprint density at radius 1 is 0.769 bits per heavy atom. The van der Waals surface area contributed by atoms with E-state index in [1.54, 1.807) is 48.5 Å². The number of nitrogens with one attached hydrogen (secondary N) is 2. The molecular formula is C17H14Cl2N4OS2. The number of carbonyl (C=O) groups excluding carboxylic acids is 1. The van der Waals surface area contributed by atoms with Crippen LogP contribution in [0.15, 0.2) is 48.5 Å². The molecular weight excluding hydrogens is 411 g/mol. The summed E-state index contributed by atoms with van der Waals surface area (Å²) < 4.78 is 0. The van der Waals surface area contributed by atoms with E-state index in [1.807, 2.05) is 0 Å². The maximum absolute atomic E-state index is 12.6. The van der Waals surface area contributed by atoms with Gasteiger partial charge in [-0.2, -0.15) is 0 Å². The largest absolute Gasteiger partial charge is 0.332 e. The average Bonchev–Trinajstić information content (AvgIpc) is 3.00. The number of hydrogen-bond donors (Lipinski definition) is 2. The van der Waals surface area contributed by atoms with E-state index in [9.17, 15) is 4.79 Å².